The van der Waals surface area contributed by atoms with Gasteiger partial charge in [-0.15, -0.1) is 0 Å². The van der Waals surface area contributed by atoms with Crippen molar-refractivity contribution >= 4 is 11.9 Å². The number of hydrogen-bond acceptors (Lipinski definition) is 2. The second-order valence-corrected chi connectivity index (χ2v) is 6.56. The van der Waals surface area contributed by atoms with E-state index in [1.54, 1.807) is 0 Å². The van der Waals surface area contributed by atoms with Gasteiger partial charge in [0.1, 0.15) is 6.04 Å². The van der Waals surface area contributed by atoms with E-state index in [9.17, 15) is 14.7 Å². The molecule has 0 spiro atoms. The Balaban J connectivity index is 2.18. The van der Waals surface area contributed by atoms with E-state index in [4.69, 9.17) is 0 Å². The Hall–Kier alpha value is -1.84. The lowest BCUT2D eigenvalue weighted by atomic mass is 9.85. The molecule has 0 radical (unpaired) electrons. The van der Waals surface area contributed by atoms with E-state index in [0.29, 0.717) is 0 Å². The summed E-state index contributed by atoms with van der Waals surface area (Å²) in [6.45, 7) is 5.44. The monoisotopic (exact) mass is 275 g/mol. The van der Waals surface area contributed by atoms with Crippen molar-refractivity contribution in [2.75, 3.05) is 0 Å². The highest BCUT2D eigenvalue weighted by atomic mass is 16.4. The van der Waals surface area contributed by atoms with E-state index >= 15 is 0 Å². The zero-order chi connectivity index (χ0) is 15.0. The van der Waals surface area contributed by atoms with Crippen molar-refractivity contribution in [1.29, 1.82) is 0 Å². The molecule has 1 saturated carbocycles. The zero-order valence-corrected chi connectivity index (χ0v) is 12.1. The van der Waals surface area contributed by atoms with Gasteiger partial charge in [0, 0.05) is 0 Å². The van der Waals surface area contributed by atoms with Crippen LogP contribution in [0.25, 0.3) is 0 Å². The molecule has 0 aromatic heterocycles. The molecular formula is C16H21NO3. The summed E-state index contributed by atoms with van der Waals surface area (Å²) in [7, 11) is 0. The number of amides is 1. The average molecular weight is 275 g/mol. The Bertz CT molecular complexity index is 512. The van der Waals surface area contributed by atoms with Crippen LogP contribution in [0.4, 0.5) is 0 Å². The van der Waals surface area contributed by atoms with Gasteiger partial charge in [0.05, 0.1) is 5.41 Å². The molecule has 1 aromatic carbocycles. The SMILES string of the molecule is CC(C)(C)C(NC(=O)C1(c2ccccc2)CC1)C(=O)O. The third-order valence-corrected chi connectivity index (χ3v) is 3.90. The topological polar surface area (TPSA) is 66.4 Å². The Labute approximate surface area is 119 Å². The normalized spacial score (nSPS) is 18.1. The van der Waals surface area contributed by atoms with Crippen LogP contribution >= 0.6 is 0 Å². The summed E-state index contributed by atoms with van der Waals surface area (Å²) in [5.74, 6) is -1.17. The number of carboxylic acid groups (broad SMARTS) is 1. The van der Waals surface area contributed by atoms with Gasteiger partial charge in [-0.1, -0.05) is 51.1 Å². The first-order chi connectivity index (χ1) is 9.27. The molecule has 1 fully saturated rings. The molecule has 1 aromatic rings. The van der Waals surface area contributed by atoms with Crippen molar-refractivity contribution < 1.29 is 14.7 Å². The lowest BCUT2D eigenvalue weighted by molar-refractivity contribution is -0.145. The molecule has 1 aliphatic rings. The van der Waals surface area contributed by atoms with Crippen LogP contribution in [-0.4, -0.2) is 23.0 Å². The molecule has 1 aliphatic carbocycles. The van der Waals surface area contributed by atoms with E-state index in [0.717, 1.165) is 18.4 Å². The van der Waals surface area contributed by atoms with Gasteiger partial charge in [-0.3, -0.25) is 4.79 Å². The molecule has 0 heterocycles. The molecule has 4 heteroatoms. The summed E-state index contributed by atoms with van der Waals surface area (Å²) in [6, 6.07) is 8.70. The molecule has 2 rings (SSSR count). The van der Waals surface area contributed by atoms with Crippen molar-refractivity contribution in [2.24, 2.45) is 5.41 Å². The number of carboxylic acids is 1. The summed E-state index contributed by atoms with van der Waals surface area (Å²) in [4.78, 5) is 23.9. The molecule has 0 saturated heterocycles. The van der Waals surface area contributed by atoms with Crippen molar-refractivity contribution in [1.82, 2.24) is 5.32 Å². The third kappa shape index (κ3) is 2.69. The van der Waals surface area contributed by atoms with Crippen LogP contribution in [0, 0.1) is 5.41 Å². The fourth-order valence-corrected chi connectivity index (χ4v) is 2.45. The molecule has 0 bridgehead atoms. The summed E-state index contributed by atoms with van der Waals surface area (Å²) < 4.78 is 0. The maximum Gasteiger partial charge on any atom is 0.326 e. The van der Waals surface area contributed by atoms with Crippen molar-refractivity contribution in [2.45, 2.75) is 45.1 Å². The highest BCUT2D eigenvalue weighted by molar-refractivity contribution is 5.94. The average Bonchev–Trinajstić information content (AvgIpc) is 3.16. The van der Waals surface area contributed by atoms with E-state index in [-0.39, 0.29) is 5.91 Å². The van der Waals surface area contributed by atoms with Gasteiger partial charge in [0.2, 0.25) is 5.91 Å². The van der Waals surface area contributed by atoms with Crippen LogP contribution in [0.15, 0.2) is 30.3 Å². The molecular weight excluding hydrogens is 254 g/mol. The van der Waals surface area contributed by atoms with Gasteiger partial charge in [-0.2, -0.15) is 0 Å². The van der Waals surface area contributed by atoms with Gasteiger partial charge in [0.25, 0.3) is 0 Å². The van der Waals surface area contributed by atoms with E-state index in [2.05, 4.69) is 5.32 Å². The molecule has 2 N–H and O–H groups in total. The van der Waals surface area contributed by atoms with Crippen molar-refractivity contribution in [3.8, 4) is 0 Å². The summed E-state index contributed by atoms with van der Waals surface area (Å²) in [5.41, 5.74) is -0.0791. The van der Waals surface area contributed by atoms with Crippen molar-refractivity contribution in [3.05, 3.63) is 35.9 Å². The summed E-state index contributed by atoms with van der Waals surface area (Å²) in [6.07, 6.45) is 1.55. The van der Waals surface area contributed by atoms with Crippen molar-refractivity contribution in [3.63, 3.8) is 0 Å². The van der Waals surface area contributed by atoms with E-state index < -0.39 is 22.8 Å². The smallest absolute Gasteiger partial charge is 0.326 e. The molecule has 108 valence electrons. The third-order valence-electron chi connectivity index (χ3n) is 3.90. The van der Waals surface area contributed by atoms with Crippen LogP contribution in [0.3, 0.4) is 0 Å². The Morgan fingerprint density at radius 3 is 2.15 bits per heavy atom. The number of benzene rings is 1. The predicted octanol–water partition coefficient (Wildman–Crippen LogP) is 2.33. The molecule has 1 atom stereocenters. The van der Waals surface area contributed by atoms with Crippen LogP contribution in [0.1, 0.15) is 39.2 Å². The van der Waals surface area contributed by atoms with Crippen LogP contribution < -0.4 is 5.32 Å². The van der Waals surface area contributed by atoms with Gasteiger partial charge in [-0.05, 0) is 23.8 Å². The van der Waals surface area contributed by atoms with Crippen LogP contribution in [-0.2, 0) is 15.0 Å². The molecule has 20 heavy (non-hydrogen) atoms. The second-order valence-electron chi connectivity index (χ2n) is 6.56. The first-order valence-corrected chi connectivity index (χ1v) is 6.87. The molecule has 1 unspecified atom stereocenters. The lowest BCUT2D eigenvalue weighted by Gasteiger charge is -2.29. The first kappa shape index (κ1) is 14.6. The van der Waals surface area contributed by atoms with Crippen LogP contribution in [0.2, 0.25) is 0 Å². The Morgan fingerprint density at radius 2 is 1.75 bits per heavy atom. The number of nitrogens with one attached hydrogen (secondary N) is 1. The van der Waals surface area contributed by atoms with E-state index in [1.807, 2.05) is 51.1 Å². The Kier molecular flexibility index (Phi) is 3.59. The minimum atomic E-state index is -0.991. The van der Waals surface area contributed by atoms with Gasteiger partial charge in [-0.25, -0.2) is 4.79 Å². The summed E-state index contributed by atoms with van der Waals surface area (Å²) in [5, 5.41) is 12.0. The minimum absolute atomic E-state index is 0.175. The highest BCUT2D eigenvalue weighted by Crippen LogP contribution is 2.48. The molecule has 4 nitrogen and oxygen atoms in total. The predicted molar refractivity (Wildman–Crippen MR) is 76.4 cm³/mol. The molecule has 0 aliphatic heterocycles. The maximum absolute atomic E-state index is 12.5. The first-order valence-electron chi connectivity index (χ1n) is 6.87. The minimum Gasteiger partial charge on any atom is -0.480 e. The van der Waals surface area contributed by atoms with Gasteiger partial charge >= 0.3 is 5.97 Å². The fourth-order valence-electron chi connectivity index (χ4n) is 2.45. The van der Waals surface area contributed by atoms with Gasteiger partial charge < -0.3 is 10.4 Å². The fraction of sp³-hybridized carbons (Fsp3) is 0.500. The number of aliphatic carboxylic acids is 1. The number of hydrogen-bond donors (Lipinski definition) is 2. The number of carbonyl (C=O) groups excluding carboxylic acids is 1. The quantitative estimate of drug-likeness (QED) is 0.886. The number of rotatable bonds is 4. The number of carbonyl (C=O) groups is 2. The van der Waals surface area contributed by atoms with Gasteiger partial charge in [0.15, 0.2) is 0 Å². The Morgan fingerprint density at radius 1 is 1.20 bits per heavy atom. The largest absolute Gasteiger partial charge is 0.480 e. The standard InChI is InChI=1S/C16H21NO3/c1-15(2,3)12(13(18)19)17-14(20)16(9-10-16)11-7-5-4-6-8-11/h4-8,12H,9-10H2,1-3H3,(H,17,20)(H,18,19). The second kappa shape index (κ2) is 4.93. The maximum atomic E-state index is 12.5. The zero-order valence-electron chi connectivity index (χ0n) is 12.1. The highest BCUT2D eigenvalue weighted by Gasteiger charge is 2.52. The lowest BCUT2D eigenvalue weighted by Crippen LogP contribution is -2.52. The van der Waals surface area contributed by atoms with Crippen LogP contribution in [0.5, 0.6) is 0 Å². The van der Waals surface area contributed by atoms with E-state index in [1.165, 1.54) is 0 Å². The summed E-state index contributed by atoms with van der Waals surface area (Å²) >= 11 is 0. The molecule has 1 amide bonds.